The van der Waals surface area contributed by atoms with Crippen molar-refractivity contribution in [3.05, 3.63) is 0 Å². The summed E-state index contributed by atoms with van der Waals surface area (Å²) in [5, 5.41) is 0. The molecule has 0 spiro atoms. The second kappa shape index (κ2) is 3.85. The summed E-state index contributed by atoms with van der Waals surface area (Å²) < 4.78 is 16.8. The zero-order chi connectivity index (χ0) is 10.9. The van der Waals surface area contributed by atoms with E-state index in [-0.39, 0.29) is 5.78 Å². The molecule has 2 fully saturated rings. The number of carbonyl (C=O) groups excluding carboxylic acids is 1. The molecular formula is C11H18O4. The van der Waals surface area contributed by atoms with Crippen LogP contribution in [0.1, 0.15) is 38.5 Å². The van der Waals surface area contributed by atoms with Gasteiger partial charge < -0.3 is 14.2 Å². The minimum absolute atomic E-state index is 0.281. The van der Waals surface area contributed by atoms with Gasteiger partial charge in [0.25, 0.3) is 0 Å². The van der Waals surface area contributed by atoms with E-state index < -0.39 is 11.6 Å². The molecule has 0 amide bonds. The molecule has 2 aliphatic rings. The number of hydrogen-bond acceptors (Lipinski definition) is 4. The average Bonchev–Trinajstić information content (AvgIpc) is 2.65. The van der Waals surface area contributed by atoms with Gasteiger partial charge in [-0.3, -0.25) is 4.79 Å². The Bertz CT molecular complexity index is 241. The molecule has 2 atom stereocenters. The maximum atomic E-state index is 11.5. The van der Waals surface area contributed by atoms with Crippen LogP contribution in [0.25, 0.3) is 0 Å². The molecule has 2 heterocycles. The molecule has 2 saturated heterocycles. The molecule has 0 N–H and O–H groups in total. The van der Waals surface area contributed by atoms with Gasteiger partial charge in [-0.1, -0.05) is 0 Å². The Morgan fingerprint density at radius 3 is 1.87 bits per heavy atom. The quantitative estimate of drug-likeness (QED) is 0.700. The third kappa shape index (κ3) is 1.94. The predicted octanol–water partition coefficient (Wildman–Crippen LogP) is 1.63. The molecule has 2 bridgehead atoms. The summed E-state index contributed by atoms with van der Waals surface area (Å²) in [6.45, 7) is 0. The van der Waals surface area contributed by atoms with Crippen LogP contribution in [0.3, 0.4) is 0 Å². The maximum absolute atomic E-state index is 11.5. The lowest BCUT2D eigenvalue weighted by atomic mass is 10.0. The summed E-state index contributed by atoms with van der Waals surface area (Å²) in [6.07, 6.45) is 4.01. The Balaban J connectivity index is 2.20. The summed E-state index contributed by atoms with van der Waals surface area (Å²) in [5.41, 5.74) is 0. The minimum atomic E-state index is -0.591. The van der Waals surface area contributed by atoms with Gasteiger partial charge in [0.1, 0.15) is 5.78 Å². The van der Waals surface area contributed by atoms with Crippen LogP contribution in [0.4, 0.5) is 0 Å². The van der Waals surface area contributed by atoms with E-state index in [0.29, 0.717) is 25.7 Å². The van der Waals surface area contributed by atoms with Crippen LogP contribution in [0.5, 0.6) is 0 Å². The number of Topliss-reactive ketones (excluding diaryl/α,β-unsaturated/α-hetero) is 1. The molecule has 0 aliphatic carbocycles. The molecule has 2 unspecified atom stereocenters. The van der Waals surface area contributed by atoms with Crippen molar-refractivity contribution in [2.75, 3.05) is 14.2 Å². The summed E-state index contributed by atoms with van der Waals surface area (Å²) in [7, 11) is 3.27. The van der Waals surface area contributed by atoms with Crippen molar-refractivity contribution >= 4 is 5.78 Å². The molecule has 0 radical (unpaired) electrons. The van der Waals surface area contributed by atoms with Gasteiger partial charge in [-0.2, -0.15) is 0 Å². The number of methoxy groups -OCH3 is 2. The predicted molar refractivity (Wildman–Crippen MR) is 53.3 cm³/mol. The van der Waals surface area contributed by atoms with Gasteiger partial charge in [0.2, 0.25) is 0 Å². The van der Waals surface area contributed by atoms with Crippen molar-refractivity contribution in [3.63, 3.8) is 0 Å². The van der Waals surface area contributed by atoms with Gasteiger partial charge in [0, 0.05) is 52.7 Å². The third-order valence-electron chi connectivity index (χ3n) is 3.57. The Morgan fingerprint density at radius 2 is 1.47 bits per heavy atom. The van der Waals surface area contributed by atoms with Gasteiger partial charge in [-0.25, -0.2) is 0 Å². The van der Waals surface area contributed by atoms with Gasteiger partial charge in [0.15, 0.2) is 11.6 Å². The number of carbonyl (C=O) groups is 1. The largest absolute Gasteiger partial charge is 0.353 e. The van der Waals surface area contributed by atoms with E-state index in [2.05, 4.69) is 0 Å². The Hall–Kier alpha value is -0.450. The van der Waals surface area contributed by atoms with Gasteiger partial charge in [0.05, 0.1) is 0 Å². The smallest absolute Gasteiger partial charge is 0.171 e. The first-order valence-electron chi connectivity index (χ1n) is 5.46. The average molecular weight is 214 g/mol. The van der Waals surface area contributed by atoms with Crippen molar-refractivity contribution in [2.24, 2.45) is 0 Å². The van der Waals surface area contributed by atoms with Crippen LogP contribution >= 0.6 is 0 Å². The van der Waals surface area contributed by atoms with Crippen LogP contribution in [0.15, 0.2) is 0 Å². The van der Waals surface area contributed by atoms with Crippen molar-refractivity contribution in [1.82, 2.24) is 0 Å². The number of fused-ring (bicyclic) bond motifs is 2. The maximum Gasteiger partial charge on any atom is 0.171 e. The Labute approximate surface area is 89.9 Å². The number of hydrogen-bond donors (Lipinski definition) is 0. The summed E-state index contributed by atoms with van der Waals surface area (Å²) >= 11 is 0. The van der Waals surface area contributed by atoms with E-state index in [1.165, 1.54) is 0 Å². The van der Waals surface area contributed by atoms with E-state index >= 15 is 0 Å². The fraction of sp³-hybridized carbons (Fsp3) is 0.909. The van der Waals surface area contributed by atoms with Crippen LogP contribution in [0.2, 0.25) is 0 Å². The van der Waals surface area contributed by atoms with E-state index in [1.54, 1.807) is 14.2 Å². The summed E-state index contributed by atoms with van der Waals surface area (Å²) in [5.74, 6) is -0.902. The summed E-state index contributed by atoms with van der Waals surface area (Å²) in [6, 6.07) is 0. The van der Waals surface area contributed by atoms with Crippen LogP contribution in [-0.2, 0) is 19.0 Å². The van der Waals surface area contributed by atoms with Crippen molar-refractivity contribution in [1.29, 1.82) is 0 Å². The number of ketones is 1. The third-order valence-corrected chi connectivity index (χ3v) is 3.57. The highest BCUT2D eigenvalue weighted by Crippen LogP contribution is 2.45. The van der Waals surface area contributed by atoms with Gasteiger partial charge in [-0.05, 0) is 0 Å². The molecule has 2 aliphatic heterocycles. The molecule has 0 saturated carbocycles. The van der Waals surface area contributed by atoms with Gasteiger partial charge >= 0.3 is 0 Å². The lowest BCUT2D eigenvalue weighted by molar-refractivity contribution is -0.312. The first kappa shape index (κ1) is 11.0. The zero-order valence-corrected chi connectivity index (χ0v) is 9.38. The molecule has 86 valence electrons. The fourth-order valence-electron chi connectivity index (χ4n) is 2.45. The summed E-state index contributed by atoms with van der Waals surface area (Å²) in [4.78, 5) is 11.5. The normalized spacial score (nSPS) is 41.3. The molecule has 0 aromatic carbocycles. The van der Waals surface area contributed by atoms with Crippen LogP contribution < -0.4 is 0 Å². The second-order valence-electron chi connectivity index (χ2n) is 4.37. The highest BCUT2D eigenvalue weighted by Gasteiger charge is 2.51. The van der Waals surface area contributed by atoms with Crippen LogP contribution in [-0.4, -0.2) is 31.6 Å². The molecule has 15 heavy (non-hydrogen) atoms. The van der Waals surface area contributed by atoms with E-state index in [0.717, 1.165) is 12.8 Å². The van der Waals surface area contributed by atoms with Crippen molar-refractivity contribution < 1.29 is 19.0 Å². The zero-order valence-electron chi connectivity index (χ0n) is 9.38. The topological polar surface area (TPSA) is 44.8 Å². The standard InChI is InChI=1S/C11H18O4/c1-13-10-5-3-9(12)4-6-11(14-2,15-10)8-7-10/h3-8H2,1-2H3. The van der Waals surface area contributed by atoms with Gasteiger partial charge in [-0.15, -0.1) is 0 Å². The van der Waals surface area contributed by atoms with Crippen molar-refractivity contribution in [2.45, 2.75) is 50.1 Å². The molecule has 4 nitrogen and oxygen atoms in total. The first-order chi connectivity index (χ1) is 7.14. The lowest BCUT2D eigenvalue weighted by Gasteiger charge is -2.35. The second-order valence-corrected chi connectivity index (χ2v) is 4.37. The van der Waals surface area contributed by atoms with E-state index in [1.807, 2.05) is 0 Å². The highest BCUT2D eigenvalue weighted by molar-refractivity contribution is 5.78. The SMILES string of the molecule is COC12CCC(=O)CCC(OC)(CC1)O2. The Kier molecular flexibility index (Phi) is 2.83. The van der Waals surface area contributed by atoms with Crippen molar-refractivity contribution in [3.8, 4) is 0 Å². The number of ether oxygens (including phenoxy) is 3. The van der Waals surface area contributed by atoms with E-state index in [4.69, 9.17) is 14.2 Å². The minimum Gasteiger partial charge on any atom is -0.353 e. The van der Waals surface area contributed by atoms with E-state index in [9.17, 15) is 4.79 Å². The lowest BCUT2D eigenvalue weighted by Crippen LogP contribution is -2.40. The number of rotatable bonds is 2. The first-order valence-corrected chi connectivity index (χ1v) is 5.46. The molecular weight excluding hydrogens is 196 g/mol. The monoisotopic (exact) mass is 214 g/mol. The molecule has 4 heteroatoms. The molecule has 0 aromatic heterocycles. The Morgan fingerprint density at radius 1 is 1.00 bits per heavy atom. The fourth-order valence-corrected chi connectivity index (χ4v) is 2.45. The molecule has 2 rings (SSSR count). The molecule has 0 aromatic rings. The highest BCUT2D eigenvalue weighted by atomic mass is 16.8. The van der Waals surface area contributed by atoms with Crippen LogP contribution in [0, 0.1) is 0 Å².